The van der Waals surface area contributed by atoms with Crippen LogP contribution in [0.15, 0.2) is 35.3 Å². The molecule has 2 saturated heterocycles. The standard InChI is InChI=1S/C22H37N5/c1-3-27-14-8-7-11-21(27)17-24-22(23-2)25-20-12-15-26(16-13-20)18-19-9-5-4-6-10-19/h4-6,9-10,20-21H,3,7-8,11-18H2,1-2H3,(H2,23,24,25). The SMILES string of the molecule is CCN1CCCCC1CNC(=NC)NC1CCN(Cc2ccccc2)CC1. The molecule has 2 aliphatic heterocycles. The first-order valence-corrected chi connectivity index (χ1v) is 10.8. The number of hydrogen-bond donors (Lipinski definition) is 2. The molecule has 27 heavy (non-hydrogen) atoms. The summed E-state index contributed by atoms with van der Waals surface area (Å²) in [6, 6.07) is 12.0. The maximum absolute atomic E-state index is 4.47. The second-order valence-corrected chi connectivity index (χ2v) is 7.91. The molecule has 0 saturated carbocycles. The first-order valence-electron chi connectivity index (χ1n) is 10.8. The van der Waals surface area contributed by atoms with Crippen molar-refractivity contribution in [2.24, 2.45) is 4.99 Å². The minimum absolute atomic E-state index is 0.525. The van der Waals surface area contributed by atoms with Crippen LogP contribution in [0.25, 0.3) is 0 Å². The molecular formula is C22H37N5. The smallest absolute Gasteiger partial charge is 0.191 e. The lowest BCUT2D eigenvalue weighted by molar-refractivity contribution is 0.157. The Labute approximate surface area is 165 Å². The van der Waals surface area contributed by atoms with Gasteiger partial charge in [-0.2, -0.15) is 0 Å². The molecule has 5 nitrogen and oxygen atoms in total. The lowest BCUT2D eigenvalue weighted by atomic mass is 10.0. The Bertz CT molecular complexity index is 565. The monoisotopic (exact) mass is 371 g/mol. The van der Waals surface area contributed by atoms with Crippen molar-refractivity contribution in [3.8, 4) is 0 Å². The van der Waals surface area contributed by atoms with E-state index in [1.807, 2.05) is 7.05 Å². The number of likely N-dealkylation sites (tertiary alicyclic amines) is 2. The molecule has 2 aliphatic rings. The number of likely N-dealkylation sites (N-methyl/N-ethyl adjacent to an activating group) is 1. The van der Waals surface area contributed by atoms with Crippen molar-refractivity contribution in [1.29, 1.82) is 0 Å². The van der Waals surface area contributed by atoms with Gasteiger partial charge in [0.05, 0.1) is 0 Å². The summed E-state index contributed by atoms with van der Waals surface area (Å²) >= 11 is 0. The highest BCUT2D eigenvalue weighted by molar-refractivity contribution is 5.80. The summed E-state index contributed by atoms with van der Waals surface area (Å²) in [4.78, 5) is 9.63. The summed E-state index contributed by atoms with van der Waals surface area (Å²) in [6.07, 6.45) is 6.36. The summed E-state index contributed by atoms with van der Waals surface area (Å²) in [5.41, 5.74) is 1.41. The van der Waals surface area contributed by atoms with Gasteiger partial charge in [0.2, 0.25) is 0 Å². The Hall–Kier alpha value is -1.59. The molecule has 0 spiro atoms. The van der Waals surface area contributed by atoms with Crippen molar-refractivity contribution >= 4 is 5.96 Å². The van der Waals surface area contributed by atoms with Gasteiger partial charge in [-0.1, -0.05) is 43.7 Å². The summed E-state index contributed by atoms with van der Waals surface area (Å²) < 4.78 is 0. The summed E-state index contributed by atoms with van der Waals surface area (Å²) in [5.74, 6) is 0.970. The lowest BCUT2D eigenvalue weighted by Crippen LogP contribution is -2.52. The van der Waals surface area contributed by atoms with E-state index >= 15 is 0 Å². The van der Waals surface area contributed by atoms with Crippen molar-refractivity contribution in [2.75, 3.05) is 39.8 Å². The van der Waals surface area contributed by atoms with E-state index in [1.54, 1.807) is 0 Å². The van der Waals surface area contributed by atoms with Crippen LogP contribution in [0.1, 0.15) is 44.6 Å². The lowest BCUT2D eigenvalue weighted by Gasteiger charge is -2.36. The molecule has 1 atom stereocenters. The molecule has 3 rings (SSSR count). The number of guanidine groups is 1. The maximum Gasteiger partial charge on any atom is 0.191 e. The minimum atomic E-state index is 0.525. The topological polar surface area (TPSA) is 42.9 Å². The van der Waals surface area contributed by atoms with Gasteiger partial charge in [-0.25, -0.2) is 0 Å². The van der Waals surface area contributed by atoms with Crippen LogP contribution in [0.4, 0.5) is 0 Å². The number of hydrogen-bond acceptors (Lipinski definition) is 3. The van der Waals surface area contributed by atoms with E-state index in [0.29, 0.717) is 12.1 Å². The summed E-state index contributed by atoms with van der Waals surface area (Å²) in [6.45, 7) is 9.03. The average Bonchev–Trinajstić information content (AvgIpc) is 2.73. The molecule has 0 aromatic heterocycles. The number of piperidine rings is 2. The first kappa shape index (κ1) is 20.2. The van der Waals surface area contributed by atoms with E-state index in [-0.39, 0.29) is 0 Å². The van der Waals surface area contributed by atoms with Gasteiger partial charge in [0, 0.05) is 45.3 Å². The fourth-order valence-electron chi connectivity index (χ4n) is 4.39. The largest absolute Gasteiger partial charge is 0.355 e. The van der Waals surface area contributed by atoms with Crippen LogP contribution < -0.4 is 10.6 Å². The number of rotatable bonds is 6. The van der Waals surface area contributed by atoms with Crippen LogP contribution in [0.5, 0.6) is 0 Å². The number of nitrogens with zero attached hydrogens (tertiary/aromatic N) is 3. The van der Waals surface area contributed by atoms with E-state index in [4.69, 9.17) is 0 Å². The molecule has 2 N–H and O–H groups in total. The minimum Gasteiger partial charge on any atom is -0.355 e. The molecule has 5 heteroatoms. The summed E-state index contributed by atoms with van der Waals surface area (Å²) in [7, 11) is 1.89. The second kappa shape index (κ2) is 10.7. The Morgan fingerprint density at radius 2 is 1.85 bits per heavy atom. The zero-order chi connectivity index (χ0) is 18.9. The Balaban J connectivity index is 1.39. The van der Waals surface area contributed by atoms with Crippen molar-refractivity contribution < 1.29 is 0 Å². The Morgan fingerprint density at radius 1 is 1.07 bits per heavy atom. The van der Waals surface area contributed by atoms with Crippen LogP contribution in [0.3, 0.4) is 0 Å². The van der Waals surface area contributed by atoms with Crippen LogP contribution in [0.2, 0.25) is 0 Å². The molecule has 1 aromatic rings. The molecule has 0 radical (unpaired) electrons. The summed E-state index contributed by atoms with van der Waals surface area (Å²) in [5, 5.41) is 7.24. The quantitative estimate of drug-likeness (QED) is 0.596. The zero-order valence-corrected chi connectivity index (χ0v) is 17.2. The predicted molar refractivity (Wildman–Crippen MR) is 114 cm³/mol. The van der Waals surface area contributed by atoms with Crippen LogP contribution >= 0.6 is 0 Å². The molecule has 1 aromatic carbocycles. The van der Waals surface area contributed by atoms with Gasteiger partial charge in [-0.3, -0.25) is 14.8 Å². The number of nitrogens with one attached hydrogen (secondary N) is 2. The third kappa shape index (κ3) is 6.22. The predicted octanol–water partition coefficient (Wildman–Crippen LogP) is 2.69. The van der Waals surface area contributed by atoms with Gasteiger partial charge in [-0.05, 0) is 44.3 Å². The second-order valence-electron chi connectivity index (χ2n) is 7.91. The van der Waals surface area contributed by atoms with E-state index in [9.17, 15) is 0 Å². The van der Waals surface area contributed by atoms with Crippen LogP contribution in [-0.2, 0) is 6.54 Å². The number of benzene rings is 1. The molecule has 2 heterocycles. The molecule has 150 valence electrons. The highest BCUT2D eigenvalue weighted by Gasteiger charge is 2.23. The van der Waals surface area contributed by atoms with Crippen molar-refractivity contribution in [3.63, 3.8) is 0 Å². The molecule has 0 amide bonds. The van der Waals surface area contributed by atoms with E-state index in [0.717, 1.165) is 38.7 Å². The van der Waals surface area contributed by atoms with Crippen molar-refractivity contribution in [1.82, 2.24) is 20.4 Å². The van der Waals surface area contributed by atoms with Gasteiger partial charge < -0.3 is 10.6 Å². The Morgan fingerprint density at radius 3 is 2.56 bits per heavy atom. The molecular weight excluding hydrogens is 334 g/mol. The third-order valence-corrected chi connectivity index (χ3v) is 6.06. The van der Waals surface area contributed by atoms with E-state index in [2.05, 4.69) is 62.7 Å². The van der Waals surface area contributed by atoms with E-state index in [1.165, 1.54) is 44.2 Å². The first-order chi connectivity index (χ1) is 13.3. The van der Waals surface area contributed by atoms with Crippen LogP contribution in [-0.4, -0.2) is 67.6 Å². The van der Waals surface area contributed by atoms with Gasteiger partial charge in [0.25, 0.3) is 0 Å². The fraction of sp³-hybridized carbons (Fsp3) is 0.682. The molecule has 0 bridgehead atoms. The molecule has 1 unspecified atom stereocenters. The normalized spacial score (nSPS) is 23.3. The third-order valence-electron chi connectivity index (χ3n) is 6.06. The van der Waals surface area contributed by atoms with Gasteiger partial charge in [-0.15, -0.1) is 0 Å². The average molecular weight is 372 g/mol. The maximum atomic E-state index is 4.47. The zero-order valence-electron chi connectivity index (χ0n) is 17.2. The highest BCUT2D eigenvalue weighted by atomic mass is 15.2. The van der Waals surface area contributed by atoms with Gasteiger partial charge in [0.1, 0.15) is 0 Å². The van der Waals surface area contributed by atoms with E-state index < -0.39 is 0 Å². The van der Waals surface area contributed by atoms with Crippen molar-refractivity contribution in [2.45, 2.75) is 57.7 Å². The molecule has 0 aliphatic carbocycles. The Kier molecular flexibility index (Phi) is 7.96. The van der Waals surface area contributed by atoms with Crippen LogP contribution in [0, 0.1) is 0 Å². The molecule has 2 fully saturated rings. The highest BCUT2D eigenvalue weighted by Crippen LogP contribution is 2.16. The fourth-order valence-corrected chi connectivity index (χ4v) is 4.39. The number of aliphatic imine (C=N–C) groups is 1. The van der Waals surface area contributed by atoms with Crippen molar-refractivity contribution in [3.05, 3.63) is 35.9 Å². The van der Waals surface area contributed by atoms with Gasteiger partial charge >= 0.3 is 0 Å². The van der Waals surface area contributed by atoms with Gasteiger partial charge in [0.15, 0.2) is 5.96 Å².